The molecule has 1 aromatic rings. The first-order valence-corrected chi connectivity index (χ1v) is 5.54. The van der Waals surface area contributed by atoms with Crippen LogP contribution < -0.4 is 5.73 Å². The zero-order valence-electron chi connectivity index (χ0n) is 9.72. The van der Waals surface area contributed by atoms with Gasteiger partial charge in [0, 0.05) is 25.7 Å². The van der Waals surface area contributed by atoms with Crippen LogP contribution in [0.15, 0.2) is 4.63 Å². The van der Waals surface area contributed by atoms with Crippen molar-refractivity contribution in [2.75, 3.05) is 19.7 Å². The predicted molar refractivity (Wildman–Crippen MR) is 57.7 cm³/mol. The second-order valence-electron chi connectivity index (χ2n) is 4.30. The molecule has 1 fully saturated rings. The topological polar surface area (TPSA) is 77.4 Å². The molecule has 2 atom stereocenters. The molecule has 0 bridgehead atoms. The standard InChI is InChI=1S/C10H18N4O2/c1-7(11)10-6-14(3-4-15-10)5-9-8(2)12-16-13-9/h7,10H,3-6,11H2,1-2H3. The van der Waals surface area contributed by atoms with Crippen LogP contribution in [0.1, 0.15) is 18.3 Å². The van der Waals surface area contributed by atoms with Crippen molar-refractivity contribution in [1.82, 2.24) is 15.2 Å². The molecule has 1 aromatic heterocycles. The van der Waals surface area contributed by atoms with Crippen LogP contribution in [0.5, 0.6) is 0 Å². The van der Waals surface area contributed by atoms with E-state index in [0.717, 1.165) is 37.6 Å². The van der Waals surface area contributed by atoms with E-state index in [4.69, 9.17) is 10.5 Å². The molecule has 90 valence electrons. The van der Waals surface area contributed by atoms with Gasteiger partial charge in [0.15, 0.2) is 0 Å². The van der Waals surface area contributed by atoms with E-state index in [1.807, 2.05) is 13.8 Å². The molecule has 0 spiro atoms. The van der Waals surface area contributed by atoms with E-state index in [1.54, 1.807) is 0 Å². The lowest BCUT2D eigenvalue weighted by atomic mass is 10.1. The van der Waals surface area contributed by atoms with Gasteiger partial charge in [0.25, 0.3) is 0 Å². The Morgan fingerprint density at radius 2 is 2.38 bits per heavy atom. The van der Waals surface area contributed by atoms with Gasteiger partial charge in [-0.1, -0.05) is 10.3 Å². The lowest BCUT2D eigenvalue weighted by Crippen LogP contribution is -2.49. The minimum Gasteiger partial charge on any atom is -0.374 e. The van der Waals surface area contributed by atoms with Gasteiger partial charge in [0.05, 0.1) is 12.7 Å². The molecule has 1 aliphatic heterocycles. The predicted octanol–water partition coefficient (Wildman–Crippen LogP) is -0.0740. The second kappa shape index (κ2) is 4.90. The molecule has 2 heterocycles. The summed E-state index contributed by atoms with van der Waals surface area (Å²) in [5, 5.41) is 7.65. The van der Waals surface area contributed by atoms with Gasteiger partial charge >= 0.3 is 0 Å². The van der Waals surface area contributed by atoms with Crippen molar-refractivity contribution in [2.24, 2.45) is 5.73 Å². The molecule has 0 amide bonds. The van der Waals surface area contributed by atoms with E-state index < -0.39 is 0 Å². The Balaban J connectivity index is 1.93. The van der Waals surface area contributed by atoms with E-state index >= 15 is 0 Å². The van der Waals surface area contributed by atoms with Crippen molar-refractivity contribution in [3.8, 4) is 0 Å². The fraction of sp³-hybridized carbons (Fsp3) is 0.800. The Hall–Kier alpha value is -0.980. The normalized spacial score (nSPS) is 24.6. The molecule has 6 heteroatoms. The van der Waals surface area contributed by atoms with Gasteiger partial charge in [-0.05, 0) is 13.8 Å². The van der Waals surface area contributed by atoms with E-state index in [-0.39, 0.29) is 12.1 Å². The van der Waals surface area contributed by atoms with Crippen LogP contribution in [0.4, 0.5) is 0 Å². The molecule has 0 aliphatic carbocycles. The highest BCUT2D eigenvalue weighted by atomic mass is 16.6. The molecule has 0 aromatic carbocycles. The molecule has 2 rings (SSSR count). The van der Waals surface area contributed by atoms with Gasteiger partial charge in [-0.15, -0.1) is 0 Å². The fourth-order valence-corrected chi connectivity index (χ4v) is 1.80. The van der Waals surface area contributed by atoms with E-state index in [9.17, 15) is 0 Å². The van der Waals surface area contributed by atoms with E-state index in [0.29, 0.717) is 0 Å². The summed E-state index contributed by atoms with van der Waals surface area (Å²) < 4.78 is 10.3. The summed E-state index contributed by atoms with van der Waals surface area (Å²) in [6.07, 6.45) is 0.105. The van der Waals surface area contributed by atoms with Crippen molar-refractivity contribution in [1.29, 1.82) is 0 Å². The first-order chi connectivity index (χ1) is 7.66. The summed E-state index contributed by atoms with van der Waals surface area (Å²) >= 11 is 0. The van der Waals surface area contributed by atoms with Crippen molar-refractivity contribution in [2.45, 2.75) is 32.5 Å². The summed E-state index contributed by atoms with van der Waals surface area (Å²) in [5.41, 5.74) is 7.58. The first-order valence-electron chi connectivity index (χ1n) is 5.54. The number of nitrogens with zero attached hydrogens (tertiary/aromatic N) is 3. The van der Waals surface area contributed by atoms with Gasteiger partial charge in [0.1, 0.15) is 11.4 Å². The molecule has 2 N–H and O–H groups in total. The van der Waals surface area contributed by atoms with Crippen LogP contribution in [-0.2, 0) is 11.3 Å². The molecule has 0 saturated carbocycles. The molecular formula is C10H18N4O2. The van der Waals surface area contributed by atoms with E-state index in [1.165, 1.54) is 0 Å². The third kappa shape index (κ3) is 2.58. The maximum absolute atomic E-state index is 5.83. The number of hydrogen-bond acceptors (Lipinski definition) is 6. The highest BCUT2D eigenvalue weighted by molar-refractivity contribution is 5.04. The smallest absolute Gasteiger partial charge is 0.122 e. The summed E-state index contributed by atoms with van der Waals surface area (Å²) in [7, 11) is 0. The maximum Gasteiger partial charge on any atom is 0.122 e. The lowest BCUT2D eigenvalue weighted by molar-refractivity contribution is -0.0409. The molecule has 0 radical (unpaired) electrons. The highest BCUT2D eigenvalue weighted by Crippen LogP contribution is 2.12. The van der Waals surface area contributed by atoms with Gasteiger partial charge < -0.3 is 10.5 Å². The average Bonchev–Trinajstić information content (AvgIpc) is 2.65. The molecule has 2 unspecified atom stereocenters. The molecular weight excluding hydrogens is 208 g/mol. The summed E-state index contributed by atoms with van der Waals surface area (Å²) in [6, 6.07) is 0.0549. The SMILES string of the molecule is Cc1nonc1CN1CCOC(C(C)N)C1. The van der Waals surface area contributed by atoms with Crippen molar-refractivity contribution in [3.05, 3.63) is 11.4 Å². The van der Waals surface area contributed by atoms with Crippen LogP contribution in [0.25, 0.3) is 0 Å². The summed E-state index contributed by atoms with van der Waals surface area (Å²) in [5.74, 6) is 0. The Labute approximate surface area is 94.7 Å². The van der Waals surface area contributed by atoms with Crippen molar-refractivity contribution >= 4 is 0 Å². The number of aromatic nitrogens is 2. The van der Waals surface area contributed by atoms with Crippen molar-refractivity contribution in [3.63, 3.8) is 0 Å². The van der Waals surface area contributed by atoms with E-state index in [2.05, 4.69) is 19.8 Å². The number of ether oxygens (including phenoxy) is 1. The molecule has 16 heavy (non-hydrogen) atoms. The quantitative estimate of drug-likeness (QED) is 0.777. The van der Waals surface area contributed by atoms with Crippen molar-refractivity contribution < 1.29 is 9.37 Å². The van der Waals surface area contributed by atoms with Gasteiger partial charge in [0.2, 0.25) is 0 Å². The summed E-state index contributed by atoms with van der Waals surface area (Å²) in [4.78, 5) is 2.27. The summed E-state index contributed by atoms with van der Waals surface area (Å²) in [6.45, 7) is 7.07. The number of nitrogens with two attached hydrogens (primary N) is 1. The van der Waals surface area contributed by atoms with Crippen LogP contribution in [0.2, 0.25) is 0 Å². The van der Waals surface area contributed by atoms with Crippen LogP contribution in [0.3, 0.4) is 0 Å². The van der Waals surface area contributed by atoms with Crippen LogP contribution in [0, 0.1) is 6.92 Å². The number of aryl methyl sites for hydroxylation is 1. The Morgan fingerprint density at radius 3 is 3.00 bits per heavy atom. The first kappa shape index (κ1) is 11.5. The maximum atomic E-state index is 5.83. The van der Waals surface area contributed by atoms with Crippen LogP contribution in [-0.4, -0.2) is 47.1 Å². The zero-order chi connectivity index (χ0) is 11.5. The number of rotatable bonds is 3. The number of morpholine rings is 1. The van der Waals surface area contributed by atoms with Crippen LogP contribution >= 0.6 is 0 Å². The Bertz CT molecular complexity index is 339. The van der Waals surface area contributed by atoms with Gasteiger partial charge in [-0.3, -0.25) is 4.90 Å². The lowest BCUT2D eigenvalue weighted by Gasteiger charge is -2.34. The Kier molecular flexibility index (Phi) is 3.52. The Morgan fingerprint density at radius 1 is 1.56 bits per heavy atom. The zero-order valence-corrected chi connectivity index (χ0v) is 9.72. The minimum absolute atomic E-state index is 0.0549. The monoisotopic (exact) mass is 226 g/mol. The fourth-order valence-electron chi connectivity index (χ4n) is 1.80. The second-order valence-corrected chi connectivity index (χ2v) is 4.30. The van der Waals surface area contributed by atoms with Gasteiger partial charge in [-0.2, -0.15) is 0 Å². The minimum atomic E-state index is 0.0549. The number of hydrogen-bond donors (Lipinski definition) is 1. The average molecular weight is 226 g/mol. The largest absolute Gasteiger partial charge is 0.374 e. The third-order valence-corrected chi connectivity index (χ3v) is 2.88. The highest BCUT2D eigenvalue weighted by Gasteiger charge is 2.24. The molecule has 1 aliphatic rings. The molecule has 1 saturated heterocycles. The third-order valence-electron chi connectivity index (χ3n) is 2.88. The van der Waals surface area contributed by atoms with Gasteiger partial charge in [-0.25, -0.2) is 4.63 Å². The molecule has 6 nitrogen and oxygen atoms in total.